The molecule has 2 heterocycles. The summed E-state index contributed by atoms with van der Waals surface area (Å²) in [7, 11) is -0.736. The molecular weight excluding hydrogens is 282 g/mol. The van der Waals surface area contributed by atoms with E-state index in [-0.39, 0.29) is 4.75 Å². The van der Waals surface area contributed by atoms with Crippen LogP contribution < -0.4 is 4.90 Å². The molecule has 5 heteroatoms. The summed E-state index contributed by atoms with van der Waals surface area (Å²) in [6, 6.07) is 2.05. The van der Waals surface area contributed by atoms with Crippen LogP contribution in [0.3, 0.4) is 0 Å². The quantitative estimate of drug-likeness (QED) is 0.857. The standard InChI is InChI=1S/C16H27N3OS/c1-6-16(7-2)11-19(8-9-21(16)20)14-10-13(5)17-15(18-14)12(3)4/h10,12H,6-9,11H2,1-5H3. The minimum absolute atomic E-state index is 0.0882. The molecule has 0 N–H and O–H groups in total. The molecule has 1 aliphatic rings. The van der Waals surface area contributed by atoms with Crippen LogP contribution in [0.1, 0.15) is 58.0 Å². The van der Waals surface area contributed by atoms with Crippen LogP contribution in [-0.4, -0.2) is 37.8 Å². The Kier molecular flexibility index (Phi) is 5.02. The molecule has 1 aromatic heterocycles. The third-order valence-corrected chi connectivity index (χ3v) is 6.72. The van der Waals surface area contributed by atoms with Gasteiger partial charge in [0.1, 0.15) is 11.6 Å². The third kappa shape index (κ3) is 3.28. The molecule has 1 aliphatic heterocycles. The van der Waals surface area contributed by atoms with Gasteiger partial charge in [0, 0.05) is 47.3 Å². The summed E-state index contributed by atoms with van der Waals surface area (Å²) in [5.41, 5.74) is 1.01. The molecule has 0 spiro atoms. The lowest BCUT2D eigenvalue weighted by Gasteiger charge is -2.41. The lowest BCUT2D eigenvalue weighted by atomic mass is 10.0. The average molecular weight is 309 g/mol. The predicted octanol–water partition coefficient (Wildman–Crippen LogP) is 3.04. The van der Waals surface area contributed by atoms with Crippen LogP contribution >= 0.6 is 0 Å². The summed E-state index contributed by atoms with van der Waals surface area (Å²) in [6.07, 6.45) is 1.90. The number of hydrogen-bond acceptors (Lipinski definition) is 4. The van der Waals surface area contributed by atoms with Crippen molar-refractivity contribution in [3.63, 3.8) is 0 Å². The summed E-state index contributed by atoms with van der Waals surface area (Å²) in [6.45, 7) is 12.2. The van der Waals surface area contributed by atoms with E-state index in [1.807, 2.05) is 6.92 Å². The lowest BCUT2D eigenvalue weighted by Crippen LogP contribution is -2.53. The van der Waals surface area contributed by atoms with Crippen LogP contribution in [-0.2, 0) is 10.8 Å². The van der Waals surface area contributed by atoms with Gasteiger partial charge in [-0.05, 0) is 19.8 Å². The van der Waals surface area contributed by atoms with Gasteiger partial charge in [-0.15, -0.1) is 0 Å². The molecule has 0 bridgehead atoms. The Labute approximate surface area is 130 Å². The third-order valence-electron chi connectivity index (χ3n) is 4.50. The SMILES string of the molecule is CCC1(CC)CN(c2cc(C)nc(C(C)C)n2)CCS1=O. The van der Waals surface area contributed by atoms with Crippen molar-refractivity contribution in [3.05, 3.63) is 17.6 Å². The molecule has 21 heavy (non-hydrogen) atoms. The molecule has 1 aromatic rings. The van der Waals surface area contributed by atoms with Crippen molar-refractivity contribution < 1.29 is 4.21 Å². The van der Waals surface area contributed by atoms with Crippen molar-refractivity contribution in [2.75, 3.05) is 23.7 Å². The van der Waals surface area contributed by atoms with Gasteiger partial charge in [-0.2, -0.15) is 0 Å². The Hall–Kier alpha value is -0.970. The first-order chi connectivity index (χ1) is 9.91. The minimum Gasteiger partial charge on any atom is -0.354 e. The molecule has 1 saturated heterocycles. The lowest BCUT2D eigenvalue weighted by molar-refractivity contribution is 0.493. The Morgan fingerprint density at radius 1 is 1.33 bits per heavy atom. The summed E-state index contributed by atoms with van der Waals surface area (Å²) < 4.78 is 12.4. The second kappa shape index (κ2) is 6.42. The molecule has 0 aliphatic carbocycles. The Morgan fingerprint density at radius 3 is 2.57 bits per heavy atom. The van der Waals surface area contributed by atoms with E-state index in [4.69, 9.17) is 4.98 Å². The fourth-order valence-electron chi connectivity index (χ4n) is 2.89. The molecule has 2 rings (SSSR count). The Balaban J connectivity index is 2.32. The smallest absolute Gasteiger partial charge is 0.133 e. The van der Waals surface area contributed by atoms with Crippen LogP contribution in [0.2, 0.25) is 0 Å². The number of rotatable bonds is 4. The topological polar surface area (TPSA) is 46.1 Å². The van der Waals surface area contributed by atoms with Gasteiger partial charge >= 0.3 is 0 Å². The zero-order valence-electron chi connectivity index (χ0n) is 13.8. The highest BCUT2D eigenvalue weighted by molar-refractivity contribution is 7.86. The van der Waals surface area contributed by atoms with E-state index in [1.54, 1.807) is 0 Å². The van der Waals surface area contributed by atoms with E-state index >= 15 is 0 Å². The molecule has 0 radical (unpaired) electrons. The van der Waals surface area contributed by atoms with Crippen molar-refractivity contribution >= 4 is 16.6 Å². The minimum atomic E-state index is -0.736. The number of anilines is 1. The van der Waals surface area contributed by atoms with Crippen molar-refractivity contribution in [1.29, 1.82) is 0 Å². The van der Waals surface area contributed by atoms with E-state index in [9.17, 15) is 4.21 Å². The molecule has 1 atom stereocenters. The second-order valence-electron chi connectivity index (χ2n) is 6.24. The van der Waals surface area contributed by atoms with Crippen LogP contribution in [0.4, 0.5) is 5.82 Å². The van der Waals surface area contributed by atoms with E-state index < -0.39 is 10.8 Å². The summed E-state index contributed by atoms with van der Waals surface area (Å²) in [5, 5.41) is 0. The van der Waals surface area contributed by atoms with Gasteiger partial charge in [0.25, 0.3) is 0 Å². The fraction of sp³-hybridized carbons (Fsp3) is 0.750. The first-order valence-corrected chi connectivity index (χ1v) is 9.22. The summed E-state index contributed by atoms with van der Waals surface area (Å²) in [4.78, 5) is 11.6. The van der Waals surface area contributed by atoms with Crippen molar-refractivity contribution in [2.24, 2.45) is 0 Å². The maximum Gasteiger partial charge on any atom is 0.133 e. The maximum absolute atomic E-state index is 12.4. The van der Waals surface area contributed by atoms with Crippen LogP contribution in [0, 0.1) is 6.92 Å². The highest BCUT2D eigenvalue weighted by Gasteiger charge is 2.39. The Morgan fingerprint density at radius 2 is 2.00 bits per heavy atom. The van der Waals surface area contributed by atoms with E-state index in [0.29, 0.717) is 5.92 Å². The van der Waals surface area contributed by atoms with Crippen molar-refractivity contribution in [1.82, 2.24) is 9.97 Å². The van der Waals surface area contributed by atoms with Gasteiger partial charge in [0.05, 0.1) is 4.75 Å². The highest BCUT2D eigenvalue weighted by Crippen LogP contribution is 2.31. The zero-order chi connectivity index (χ0) is 15.6. The van der Waals surface area contributed by atoms with Gasteiger partial charge in [-0.1, -0.05) is 27.7 Å². The van der Waals surface area contributed by atoms with Gasteiger partial charge in [0.2, 0.25) is 0 Å². The first-order valence-electron chi connectivity index (χ1n) is 7.91. The molecule has 1 unspecified atom stereocenters. The van der Waals surface area contributed by atoms with Gasteiger partial charge in [-0.3, -0.25) is 4.21 Å². The number of aromatic nitrogens is 2. The molecular formula is C16H27N3OS. The zero-order valence-corrected chi connectivity index (χ0v) is 14.7. The molecule has 4 nitrogen and oxygen atoms in total. The maximum atomic E-state index is 12.4. The fourth-order valence-corrected chi connectivity index (χ4v) is 4.66. The Bertz CT molecular complexity index is 526. The van der Waals surface area contributed by atoms with E-state index in [2.05, 4.69) is 43.6 Å². The molecule has 1 fully saturated rings. The second-order valence-corrected chi connectivity index (χ2v) is 8.21. The largest absolute Gasteiger partial charge is 0.354 e. The monoisotopic (exact) mass is 309 g/mol. The van der Waals surface area contributed by atoms with Gasteiger partial charge in [0.15, 0.2) is 0 Å². The van der Waals surface area contributed by atoms with E-state index in [0.717, 1.165) is 49.0 Å². The van der Waals surface area contributed by atoms with Crippen LogP contribution in [0.15, 0.2) is 6.07 Å². The van der Waals surface area contributed by atoms with Crippen LogP contribution in [0.5, 0.6) is 0 Å². The highest BCUT2D eigenvalue weighted by atomic mass is 32.2. The van der Waals surface area contributed by atoms with Gasteiger partial charge in [-0.25, -0.2) is 9.97 Å². The average Bonchev–Trinajstić information content (AvgIpc) is 2.47. The molecule has 0 aromatic carbocycles. The first kappa shape index (κ1) is 16.4. The van der Waals surface area contributed by atoms with Crippen molar-refractivity contribution in [3.8, 4) is 0 Å². The number of aryl methyl sites for hydroxylation is 1. The number of hydrogen-bond donors (Lipinski definition) is 0. The number of nitrogens with zero attached hydrogens (tertiary/aromatic N) is 3. The van der Waals surface area contributed by atoms with Gasteiger partial charge < -0.3 is 4.90 Å². The predicted molar refractivity (Wildman–Crippen MR) is 89.4 cm³/mol. The molecule has 118 valence electrons. The van der Waals surface area contributed by atoms with Crippen molar-refractivity contribution in [2.45, 2.75) is 58.1 Å². The molecule has 0 amide bonds. The normalized spacial score (nSPS) is 21.8. The van der Waals surface area contributed by atoms with E-state index in [1.165, 1.54) is 0 Å². The summed E-state index contributed by atoms with van der Waals surface area (Å²) in [5.74, 6) is 2.95. The molecule has 0 saturated carbocycles. The van der Waals surface area contributed by atoms with Crippen LogP contribution in [0.25, 0.3) is 0 Å². The summed E-state index contributed by atoms with van der Waals surface area (Å²) >= 11 is 0.